The number of carbonyl (C=O) groups is 1. The third-order valence-electron chi connectivity index (χ3n) is 3.30. The van der Waals surface area contributed by atoms with Gasteiger partial charge in [-0.05, 0) is 30.7 Å². The van der Waals surface area contributed by atoms with Crippen molar-refractivity contribution in [2.45, 2.75) is 13.3 Å². The topological polar surface area (TPSA) is 68.0 Å². The first kappa shape index (κ1) is 14.9. The molecule has 5 nitrogen and oxygen atoms in total. The SMILES string of the molecule is Cc1noc(Cc2ccccc2NC(=O)c2ccccc2F)n1. The quantitative estimate of drug-likeness (QED) is 0.802. The summed E-state index contributed by atoms with van der Waals surface area (Å²) in [5, 5.41) is 6.47. The second-order valence-corrected chi connectivity index (χ2v) is 5.00. The molecule has 0 bridgehead atoms. The van der Waals surface area contributed by atoms with Gasteiger partial charge in [0.05, 0.1) is 12.0 Å². The highest BCUT2D eigenvalue weighted by molar-refractivity contribution is 6.04. The largest absolute Gasteiger partial charge is 0.339 e. The number of anilines is 1. The van der Waals surface area contributed by atoms with Crippen molar-refractivity contribution in [3.05, 3.63) is 77.2 Å². The van der Waals surface area contributed by atoms with Gasteiger partial charge in [-0.1, -0.05) is 35.5 Å². The van der Waals surface area contributed by atoms with E-state index in [1.807, 2.05) is 12.1 Å². The van der Waals surface area contributed by atoms with Crippen LogP contribution in [0.2, 0.25) is 0 Å². The number of hydrogen-bond acceptors (Lipinski definition) is 4. The van der Waals surface area contributed by atoms with Gasteiger partial charge in [-0.3, -0.25) is 4.79 Å². The van der Waals surface area contributed by atoms with E-state index < -0.39 is 11.7 Å². The number of aromatic nitrogens is 2. The van der Waals surface area contributed by atoms with Crippen molar-refractivity contribution in [2.24, 2.45) is 0 Å². The fourth-order valence-electron chi connectivity index (χ4n) is 2.21. The van der Waals surface area contributed by atoms with Crippen LogP contribution in [-0.2, 0) is 6.42 Å². The molecule has 116 valence electrons. The first-order chi connectivity index (χ1) is 11.1. The lowest BCUT2D eigenvalue weighted by Gasteiger charge is -2.10. The Hall–Kier alpha value is -3.02. The zero-order valence-corrected chi connectivity index (χ0v) is 12.4. The summed E-state index contributed by atoms with van der Waals surface area (Å²) in [6, 6.07) is 13.1. The van der Waals surface area contributed by atoms with Gasteiger partial charge in [-0.2, -0.15) is 4.98 Å². The summed E-state index contributed by atoms with van der Waals surface area (Å²) in [7, 11) is 0. The third-order valence-corrected chi connectivity index (χ3v) is 3.30. The van der Waals surface area contributed by atoms with E-state index in [9.17, 15) is 9.18 Å². The Labute approximate surface area is 132 Å². The molecule has 0 fully saturated rings. The van der Waals surface area contributed by atoms with Crippen molar-refractivity contribution in [3.63, 3.8) is 0 Å². The molecule has 0 aliphatic heterocycles. The summed E-state index contributed by atoms with van der Waals surface area (Å²) in [5.41, 5.74) is 1.38. The van der Waals surface area contributed by atoms with Gasteiger partial charge in [0.15, 0.2) is 5.82 Å². The zero-order valence-electron chi connectivity index (χ0n) is 12.4. The third kappa shape index (κ3) is 3.42. The van der Waals surface area contributed by atoms with Gasteiger partial charge in [0.1, 0.15) is 5.82 Å². The monoisotopic (exact) mass is 311 g/mol. The Balaban J connectivity index is 1.83. The van der Waals surface area contributed by atoms with Crippen molar-refractivity contribution < 1.29 is 13.7 Å². The average molecular weight is 311 g/mol. The van der Waals surface area contributed by atoms with E-state index in [4.69, 9.17) is 4.52 Å². The molecule has 1 N–H and O–H groups in total. The van der Waals surface area contributed by atoms with Gasteiger partial charge in [0, 0.05) is 5.69 Å². The van der Waals surface area contributed by atoms with Crippen molar-refractivity contribution >= 4 is 11.6 Å². The minimum Gasteiger partial charge on any atom is -0.339 e. The maximum atomic E-state index is 13.7. The number of halogens is 1. The van der Waals surface area contributed by atoms with Gasteiger partial charge in [0.2, 0.25) is 5.89 Å². The number of para-hydroxylation sites is 1. The fraction of sp³-hybridized carbons (Fsp3) is 0.118. The van der Waals surface area contributed by atoms with E-state index in [1.54, 1.807) is 25.1 Å². The molecule has 23 heavy (non-hydrogen) atoms. The molecule has 0 spiro atoms. The summed E-state index contributed by atoms with van der Waals surface area (Å²) < 4.78 is 18.8. The second kappa shape index (κ2) is 6.39. The number of nitrogens with zero attached hydrogens (tertiary/aromatic N) is 2. The predicted octanol–water partition coefficient (Wildman–Crippen LogP) is 3.36. The van der Waals surface area contributed by atoms with Gasteiger partial charge in [0.25, 0.3) is 5.91 Å². The number of nitrogens with one attached hydrogen (secondary N) is 1. The normalized spacial score (nSPS) is 10.5. The van der Waals surface area contributed by atoms with Crippen LogP contribution in [0.1, 0.15) is 27.6 Å². The molecular formula is C17H14FN3O2. The summed E-state index contributed by atoms with van der Waals surface area (Å²) >= 11 is 0. The molecule has 3 rings (SSSR count). The van der Waals surface area contributed by atoms with Crippen LogP contribution in [0.15, 0.2) is 53.1 Å². The maximum Gasteiger partial charge on any atom is 0.258 e. The Morgan fingerprint density at radius 2 is 1.91 bits per heavy atom. The van der Waals surface area contributed by atoms with Crippen LogP contribution in [0, 0.1) is 12.7 Å². The molecule has 1 heterocycles. The summed E-state index contributed by atoms with van der Waals surface area (Å²) in [4.78, 5) is 16.4. The lowest BCUT2D eigenvalue weighted by atomic mass is 10.1. The van der Waals surface area contributed by atoms with Crippen LogP contribution in [0.25, 0.3) is 0 Å². The highest BCUT2D eigenvalue weighted by atomic mass is 19.1. The van der Waals surface area contributed by atoms with Crippen LogP contribution in [-0.4, -0.2) is 16.0 Å². The minimum atomic E-state index is -0.560. The molecule has 2 aromatic carbocycles. The van der Waals surface area contributed by atoms with Crippen LogP contribution >= 0.6 is 0 Å². The number of rotatable bonds is 4. The number of benzene rings is 2. The molecule has 0 saturated carbocycles. The molecule has 0 aliphatic rings. The summed E-state index contributed by atoms with van der Waals surface area (Å²) in [6.45, 7) is 1.73. The number of aryl methyl sites for hydroxylation is 1. The molecular weight excluding hydrogens is 297 g/mol. The van der Waals surface area contributed by atoms with Crippen molar-refractivity contribution in [1.29, 1.82) is 0 Å². The zero-order chi connectivity index (χ0) is 16.2. The van der Waals surface area contributed by atoms with Gasteiger partial charge < -0.3 is 9.84 Å². The van der Waals surface area contributed by atoms with E-state index in [2.05, 4.69) is 15.5 Å². The van der Waals surface area contributed by atoms with Crippen LogP contribution in [0.4, 0.5) is 10.1 Å². The minimum absolute atomic E-state index is 0.00376. The average Bonchev–Trinajstić information content (AvgIpc) is 2.95. The van der Waals surface area contributed by atoms with Crippen molar-refractivity contribution in [2.75, 3.05) is 5.32 Å². The summed E-state index contributed by atoms with van der Waals surface area (Å²) in [5.74, 6) is -0.0600. The Morgan fingerprint density at radius 1 is 1.17 bits per heavy atom. The molecule has 0 aliphatic carbocycles. The van der Waals surface area contributed by atoms with E-state index in [1.165, 1.54) is 18.2 Å². The van der Waals surface area contributed by atoms with Gasteiger partial charge in [-0.15, -0.1) is 0 Å². The molecule has 1 aromatic heterocycles. The first-order valence-corrected chi connectivity index (χ1v) is 7.06. The first-order valence-electron chi connectivity index (χ1n) is 7.06. The maximum absolute atomic E-state index is 13.7. The lowest BCUT2D eigenvalue weighted by Crippen LogP contribution is -2.15. The number of amides is 1. The number of carbonyl (C=O) groups excluding carboxylic acids is 1. The van der Waals surface area contributed by atoms with Crippen LogP contribution in [0.5, 0.6) is 0 Å². The molecule has 6 heteroatoms. The van der Waals surface area contributed by atoms with Crippen LogP contribution < -0.4 is 5.32 Å². The van der Waals surface area contributed by atoms with E-state index >= 15 is 0 Å². The molecule has 0 radical (unpaired) electrons. The van der Waals surface area contributed by atoms with E-state index in [-0.39, 0.29) is 5.56 Å². The molecule has 0 atom stereocenters. The molecule has 3 aromatic rings. The second-order valence-electron chi connectivity index (χ2n) is 5.00. The molecule has 0 unspecified atom stereocenters. The Bertz CT molecular complexity index is 845. The van der Waals surface area contributed by atoms with Crippen LogP contribution in [0.3, 0.4) is 0 Å². The lowest BCUT2D eigenvalue weighted by molar-refractivity contribution is 0.102. The predicted molar refractivity (Wildman–Crippen MR) is 82.6 cm³/mol. The highest BCUT2D eigenvalue weighted by Gasteiger charge is 2.14. The van der Waals surface area contributed by atoms with Crippen molar-refractivity contribution in [1.82, 2.24) is 10.1 Å². The molecule has 1 amide bonds. The Morgan fingerprint density at radius 3 is 2.65 bits per heavy atom. The van der Waals surface area contributed by atoms with E-state index in [0.29, 0.717) is 23.8 Å². The molecule has 0 saturated heterocycles. The van der Waals surface area contributed by atoms with Gasteiger partial charge in [-0.25, -0.2) is 4.39 Å². The standard InChI is InChI=1S/C17H14FN3O2/c1-11-19-16(23-21-11)10-12-6-2-5-9-15(12)20-17(22)13-7-3-4-8-14(13)18/h2-9H,10H2,1H3,(H,20,22). The van der Waals surface area contributed by atoms with E-state index in [0.717, 1.165) is 5.56 Å². The Kier molecular flexibility index (Phi) is 4.14. The fourth-order valence-corrected chi connectivity index (χ4v) is 2.21. The highest BCUT2D eigenvalue weighted by Crippen LogP contribution is 2.20. The van der Waals surface area contributed by atoms with Gasteiger partial charge >= 0.3 is 0 Å². The van der Waals surface area contributed by atoms with Crippen molar-refractivity contribution in [3.8, 4) is 0 Å². The summed E-state index contributed by atoms with van der Waals surface area (Å²) in [6.07, 6.45) is 0.383. The smallest absolute Gasteiger partial charge is 0.258 e. The number of hydrogen-bond donors (Lipinski definition) is 1.